The van der Waals surface area contributed by atoms with E-state index in [1.54, 1.807) is 4.90 Å². The number of hydrogen-bond acceptors (Lipinski definition) is 4. The number of aromatic nitrogens is 2. The molecule has 1 aliphatic heterocycles. The van der Waals surface area contributed by atoms with Crippen LogP contribution in [0.3, 0.4) is 0 Å². The van der Waals surface area contributed by atoms with Gasteiger partial charge in [0.25, 0.3) is 0 Å². The largest absolute Gasteiger partial charge is 0.314 e. The summed E-state index contributed by atoms with van der Waals surface area (Å²) in [5, 5.41) is 0.683. The van der Waals surface area contributed by atoms with Gasteiger partial charge in [0.1, 0.15) is 0 Å². The minimum absolute atomic E-state index is 0.0775. The lowest BCUT2D eigenvalue weighted by molar-refractivity contribution is -0.119. The Labute approximate surface area is 169 Å². The van der Waals surface area contributed by atoms with Gasteiger partial charge >= 0.3 is 0 Å². The monoisotopic (exact) mass is 392 g/mol. The minimum Gasteiger partial charge on any atom is -0.314 e. The molecule has 3 aromatic rings. The van der Waals surface area contributed by atoms with E-state index in [1.165, 1.54) is 0 Å². The Bertz CT molecular complexity index is 1020. The summed E-state index contributed by atoms with van der Waals surface area (Å²) in [4.78, 5) is 25.8. The fourth-order valence-electron chi connectivity index (χ4n) is 3.48. The molecular weight excluding hydrogens is 372 g/mol. The topological polar surface area (TPSA) is 49.3 Å². The standard InChI is InChI=1S/C22H21ClN4O/c1-15-11-19(25-22(24-15)16-7-9-18(23)10-8-16)13-27-12-17-5-3-4-6-20(17)26(2)21(28)14-27/h3-11H,12-14H2,1-2H3. The molecule has 1 amide bonds. The summed E-state index contributed by atoms with van der Waals surface area (Å²) in [5.41, 5.74) is 4.82. The molecule has 6 heteroatoms. The molecule has 0 saturated carbocycles. The van der Waals surface area contributed by atoms with Gasteiger partial charge in [0, 0.05) is 42.1 Å². The third kappa shape index (κ3) is 3.91. The molecule has 1 aliphatic rings. The van der Waals surface area contributed by atoms with Gasteiger partial charge in [0.05, 0.1) is 12.2 Å². The summed E-state index contributed by atoms with van der Waals surface area (Å²) >= 11 is 5.99. The highest BCUT2D eigenvalue weighted by molar-refractivity contribution is 6.30. The highest BCUT2D eigenvalue weighted by Crippen LogP contribution is 2.25. The van der Waals surface area contributed by atoms with Crippen LogP contribution in [0.1, 0.15) is 17.0 Å². The fourth-order valence-corrected chi connectivity index (χ4v) is 3.61. The van der Waals surface area contributed by atoms with Gasteiger partial charge in [-0.05, 0) is 48.9 Å². The molecule has 2 aromatic carbocycles. The molecule has 28 heavy (non-hydrogen) atoms. The minimum atomic E-state index is 0.0775. The molecule has 1 aromatic heterocycles. The van der Waals surface area contributed by atoms with Crippen LogP contribution in [0.2, 0.25) is 5.02 Å². The van der Waals surface area contributed by atoms with Crippen molar-refractivity contribution in [3.05, 3.63) is 76.6 Å². The van der Waals surface area contributed by atoms with E-state index in [-0.39, 0.29) is 5.91 Å². The highest BCUT2D eigenvalue weighted by atomic mass is 35.5. The number of para-hydroxylation sites is 1. The van der Waals surface area contributed by atoms with E-state index < -0.39 is 0 Å². The van der Waals surface area contributed by atoms with Crippen molar-refractivity contribution >= 4 is 23.2 Å². The molecular formula is C22H21ClN4O. The zero-order chi connectivity index (χ0) is 19.7. The molecule has 0 unspecified atom stereocenters. The molecule has 0 spiro atoms. The van der Waals surface area contributed by atoms with Crippen LogP contribution in [0.25, 0.3) is 11.4 Å². The van der Waals surface area contributed by atoms with Crippen molar-refractivity contribution in [1.82, 2.24) is 14.9 Å². The number of carbonyl (C=O) groups excluding carboxylic acids is 1. The number of rotatable bonds is 3. The van der Waals surface area contributed by atoms with Gasteiger partial charge in [-0.3, -0.25) is 9.69 Å². The van der Waals surface area contributed by atoms with Gasteiger partial charge in [0.15, 0.2) is 5.82 Å². The fraction of sp³-hybridized carbons (Fsp3) is 0.227. The number of halogens is 1. The zero-order valence-corrected chi connectivity index (χ0v) is 16.6. The van der Waals surface area contributed by atoms with Crippen molar-refractivity contribution in [2.24, 2.45) is 0 Å². The van der Waals surface area contributed by atoms with Crippen LogP contribution in [0.15, 0.2) is 54.6 Å². The van der Waals surface area contributed by atoms with Crippen LogP contribution < -0.4 is 4.90 Å². The number of benzene rings is 2. The second-order valence-corrected chi connectivity index (χ2v) is 7.49. The van der Waals surface area contributed by atoms with Crippen molar-refractivity contribution in [3.63, 3.8) is 0 Å². The van der Waals surface area contributed by atoms with E-state index >= 15 is 0 Å². The lowest BCUT2D eigenvalue weighted by Crippen LogP contribution is -2.34. The number of fused-ring (bicyclic) bond motifs is 1. The Morgan fingerprint density at radius 1 is 1.04 bits per heavy atom. The number of amides is 1. The van der Waals surface area contributed by atoms with Crippen LogP contribution in [-0.2, 0) is 17.9 Å². The van der Waals surface area contributed by atoms with Crippen molar-refractivity contribution in [1.29, 1.82) is 0 Å². The third-order valence-corrected chi connectivity index (χ3v) is 5.13. The first-order valence-electron chi connectivity index (χ1n) is 9.17. The number of nitrogens with zero attached hydrogens (tertiary/aromatic N) is 4. The van der Waals surface area contributed by atoms with E-state index in [2.05, 4.69) is 16.0 Å². The maximum absolute atomic E-state index is 12.6. The molecule has 0 fully saturated rings. The Morgan fingerprint density at radius 2 is 1.79 bits per heavy atom. The van der Waals surface area contributed by atoms with Crippen LogP contribution in [0.5, 0.6) is 0 Å². The molecule has 0 aliphatic carbocycles. The molecule has 0 atom stereocenters. The summed E-state index contributed by atoms with van der Waals surface area (Å²) in [6.07, 6.45) is 0. The normalized spacial score (nSPS) is 14.7. The van der Waals surface area contributed by atoms with Crippen LogP contribution >= 0.6 is 11.6 Å². The first-order valence-corrected chi connectivity index (χ1v) is 9.55. The van der Waals surface area contributed by atoms with E-state index in [9.17, 15) is 4.79 Å². The lowest BCUT2D eigenvalue weighted by atomic mass is 10.1. The van der Waals surface area contributed by atoms with E-state index in [0.29, 0.717) is 30.5 Å². The number of aryl methyl sites for hydroxylation is 1. The Hall–Kier alpha value is -2.76. The van der Waals surface area contributed by atoms with Gasteiger partial charge < -0.3 is 4.90 Å². The third-order valence-electron chi connectivity index (χ3n) is 4.88. The summed E-state index contributed by atoms with van der Waals surface area (Å²) < 4.78 is 0. The van der Waals surface area contributed by atoms with Gasteiger partial charge in [0.2, 0.25) is 5.91 Å². The lowest BCUT2D eigenvalue weighted by Gasteiger charge is -2.19. The average molecular weight is 393 g/mol. The molecule has 0 saturated heterocycles. The second kappa shape index (κ2) is 7.70. The number of anilines is 1. The second-order valence-electron chi connectivity index (χ2n) is 7.06. The first-order chi connectivity index (χ1) is 13.5. The first kappa shape index (κ1) is 18.6. The smallest absolute Gasteiger partial charge is 0.240 e. The van der Waals surface area contributed by atoms with Crippen molar-refractivity contribution in [2.45, 2.75) is 20.0 Å². The number of likely N-dealkylation sites (N-methyl/N-ethyl adjacent to an activating group) is 1. The van der Waals surface area contributed by atoms with Crippen LogP contribution in [-0.4, -0.2) is 34.4 Å². The molecule has 0 bridgehead atoms. The summed E-state index contributed by atoms with van der Waals surface area (Å²) in [6, 6.07) is 17.5. The Morgan fingerprint density at radius 3 is 2.57 bits per heavy atom. The molecule has 4 rings (SSSR count). The quantitative estimate of drug-likeness (QED) is 0.673. The molecule has 5 nitrogen and oxygen atoms in total. The van der Waals surface area contributed by atoms with Crippen molar-refractivity contribution in [3.8, 4) is 11.4 Å². The highest BCUT2D eigenvalue weighted by Gasteiger charge is 2.24. The average Bonchev–Trinajstić information content (AvgIpc) is 2.78. The Kier molecular flexibility index (Phi) is 5.11. The summed E-state index contributed by atoms with van der Waals surface area (Å²) in [7, 11) is 1.83. The van der Waals surface area contributed by atoms with Gasteiger partial charge in [-0.15, -0.1) is 0 Å². The predicted molar refractivity (Wildman–Crippen MR) is 111 cm³/mol. The molecule has 2 heterocycles. The number of hydrogen-bond donors (Lipinski definition) is 0. The molecule has 0 N–H and O–H groups in total. The number of carbonyl (C=O) groups is 1. The van der Waals surface area contributed by atoms with E-state index in [0.717, 1.165) is 28.2 Å². The van der Waals surface area contributed by atoms with E-state index in [4.69, 9.17) is 16.6 Å². The maximum atomic E-state index is 12.6. The van der Waals surface area contributed by atoms with Crippen molar-refractivity contribution < 1.29 is 4.79 Å². The van der Waals surface area contributed by atoms with Crippen LogP contribution in [0.4, 0.5) is 5.69 Å². The Balaban J connectivity index is 1.62. The van der Waals surface area contributed by atoms with Crippen LogP contribution in [0, 0.1) is 6.92 Å². The maximum Gasteiger partial charge on any atom is 0.240 e. The zero-order valence-electron chi connectivity index (χ0n) is 15.9. The van der Waals surface area contributed by atoms with Gasteiger partial charge in [-0.1, -0.05) is 29.8 Å². The van der Waals surface area contributed by atoms with Crippen molar-refractivity contribution in [2.75, 3.05) is 18.5 Å². The summed E-state index contributed by atoms with van der Waals surface area (Å²) in [5.74, 6) is 0.749. The van der Waals surface area contributed by atoms with Gasteiger partial charge in [-0.2, -0.15) is 0 Å². The SMILES string of the molecule is Cc1cc(CN2CC(=O)N(C)c3ccccc3C2)nc(-c2ccc(Cl)cc2)n1. The molecule has 0 radical (unpaired) electrons. The predicted octanol–water partition coefficient (Wildman–Crippen LogP) is 4.08. The van der Waals surface area contributed by atoms with E-state index in [1.807, 2.05) is 62.5 Å². The molecule has 142 valence electrons. The van der Waals surface area contributed by atoms with Gasteiger partial charge in [-0.25, -0.2) is 9.97 Å². The summed E-state index contributed by atoms with van der Waals surface area (Å²) in [6.45, 7) is 3.59.